The van der Waals surface area contributed by atoms with Crippen molar-refractivity contribution in [2.24, 2.45) is 5.73 Å². The lowest BCUT2D eigenvalue weighted by Crippen LogP contribution is -2.17. The standard InChI is InChI=1S/C14H17N3O/c1-2-10-3-5-11(6-4-10)13-16-9-12(7-8-15)14(18)17-13/h3-6,9H,2,7-8,15H2,1H3,(H,16,17,18). The van der Waals surface area contributed by atoms with Gasteiger partial charge in [0.15, 0.2) is 0 Å². The molecule has 0 fully saturated rings. The molecule has 0 radical (unpaired) electrons. The zero-order chi connectivity index (χ0) is 13.0. The lowest BCUT2D eigenvalue weighted by Gasteiger charge is -2.03. The molecule has 0 amide bonds. The second kappa shape index (κ2) is 5.60. The van der Waals surface area contributed by atoms with Gasteiger partial charge < -0.3 is 10.7 Å². The van der Waals surface area contributed by atoms with Gasteiger partial charge in [0.05, 0.1) is 0 Å². The van der Waals surface area contributed by atoms with Gasteiger partial charge in [0.2, 0.25) is 0 Å². The van der Waals surface area contributed by atoms with Crippen molar-refractivity contribution < 1.29 is 0 Å². The van der Waals surface area contributed by atoms with Crippen molar-refractivity contribution in [2.45, 2.75) is 19.8 Å². The molecule has 0 bridgehead atoms. The van der Waals surface area contributed by atoms with E-state index in [9.17, 15) is 4.79 Å². The van der Waals surface area contributed by atoms with E-state index in [1.54, 1.807) is 6.20 Å². The van der Waals surface area contributed by atoms with Crippen LogP contribution in [0.15, 0.2) is 35.3 Å². The van der Waals surface area contributed by atoms with Crippen molar-refractivity contribution in [2.75, 3.05) is 6.54 Å². The maximum absolute atomic E-state index is 11.8. The van der Waals surface area contributed by atoms with E-state index >= 15 is 0 Å². The second-order valence-corrected chi connectivity index (χ2v) is 4.18. The highest BCUT2D eigenvalue weighted by molar-refractivity contribution is 5.55. The molecule has 1 aromatic heterocycles. The first kappa shape index (κ1) is 12.5. The molecule has 3 N–H and O–H groups in total. The minimum absolute atomic E-state index is 0.106. The van der Waals surface area contributed by atoms with Crippen molar-refractivity contribution in [1.82, 2.24) is 9.97 Å². The summed E-state index contributed by atoms with van der Waals surface area (Å²) in [5.41, 5.74) is 8.14. The topological polar surface area (TPSA) is 71.8 Å². The third-order valence-corrected chi connectivity index (χ3v) is 2.92. The van der Waals surface area contributed by atoms with Crippen LogP contribution in [0.2, 0.25) is 0 Å². The summed E-state index contributed by atoms with van der Waals surface area (Å²) in [5, 5.41) is 0. The van der Waals surface area contributed by atoms with Crippen LogP contribution in [0, 0.1) is 0 Å². The van der Waals surface area contributed by atoms with E-state index in [1.165, 1.54) is 5.56 Å². The molecule has 1 aromatic carbocycles. The summed E-state index contributed by atoms with van der Waals surface area (Å²) in [4.78, 5) is 18.8. The Balaban J connectivity index is 2.33. The number of rotatable bonds is 4. The number of hydrogen-bond donors (Lipinski definition) is 2. The van der Waals surface area contributed by atoms with Crippen LogP contribution in [0.4, 0.5) is 0 Å². The number of aryl methyl sites for hydroxylation is 1. The molecule has 0 aliphatic carbocycles. The van der Waals surface area contributed by atoms with Crippen LogP contribution in [0.3, 0.4) is 0 Å². The molecule has 4 nitrogen and oxygen atoms in total. The van der Waals surface area contributed by atoms with Gasteiger partial charge in [-0.25, -0.2) is 4.98 Å². The first-order valence-electron chi connectivity index (χ1n) is 6.12. The molecule has 2 rings (SSSR count). The second-order valence-electron chi connectivity index (χ2n) is 4.18. The summed E-state index contributed by atoms with van der Waals surface area (Å²) in [6, 6.07) is 8.03. The number of hydrogen-bond acceptors (Lipinski definition) is 3. The Labute approximate surface area is 106 Å². The van der Waals surface area contributed by atoms with Crippen molar-refractivity contribution >= 4 is 0 Å². The summed E-state index contributed by atoms with van der Waals surface area (Å²) < 4.78 is 0. The summed E-state index contributed by atoms with van der Waals surface area (Å²) in [6.07, 6.45) is 3.16. The Kier molecular flexibility index (Phi) is 3.89. The lowest BCUT2D eigenvalue weighted by atomic mass is 10.1. The van der Waals surface area contributed by atoms with Gasteiger partial charge in [0.1, 0.15) is 5.82 Å². The smallest absolute Gasteiger partial charge is 0.254 e. The number of aromatic nitrogens is 2. The molecule has 94 valence electrons. The Morgan fingerprint density at radius 2 is 2.00 bits per heavy atom. The fraction of sp³-hybridized carbons (Fsp3) is 0.286. The van der Waals surface area contributed by atoms with Gasteiger partial charge in [0.25, 0.3) is 5.56 Å². The number of nitrogens with zero attached hydrogens (tertiary/aromatic N) is 1. The predicted molar refractivity (Wildman–Crippen MR) is 72.4 cm³/mol. The Morgan fingerprint density at radius 1 is 1.28 bits per heavy atom. The van der Waals surface area contributed by atoms with Crippen LogP contribution >= 0.6 is 0 Å². The minimum atomic E-state index is -0.106. The highest BCUT2D eigenvalue weighted by Crippen LogP contribution is 2.14. The van der Waals surface area contributed by atoms with Gasteiger partial charge in [-0.15, -0.1) is 0 Å². The van der Waals surface area contributed by atoms with E-state index in [1.807, 2.05) is 24.3 Å². The van der Waals surface area contributed by atoms with Gasteiger partial charge in [0, 0.05) is 17.3 Å². The van der Waals surface area contributed by atoms with Gasteiger partial charge in [-0.3, -0.25) is 4.79 Å². The summed E-state index contributed by atoms with van der Waals surface area (Å²) in [6.45, 7) is 2.56. The molecule has 0 aliphatic rings. The quantitative estimate of drug-likeness (QED) is 0.854. The number of nitrogens with two attached hydrogens (primary N) is 1. The molecule has 0 unspecified atom stereocenters. The molecule has 0 atom stereocenters. The van der Waals surface area contributed by atoms with Gasteiger partial charge in [-0.1, -0.05) is 31.2 Å². The Bertz CT molecular complexity index is 572. The lowest BCUT2D eigenvalue weighted by molar-refractivity contribution is 0.924. The fourth-order valence-corrected chi connectivity index (χ4v) is 1.80. The molecule has 0 aliphatic heterocycles. The Morgan fingerprint density at radius 3 is 2.56 bits per heavy atom. The van der Waals surface area contributed by atoms with Crippen LogP contribution in [0.25, 0.3) is 11.4 Å². The highest BCUT2D eigenvalue weighted by atomic mass is 16.1. The van der Waals surface area contributed by atoms with Crippen LogP contribution in [0.1, 0.15) is 18.1 Å². The highest BCUT2D eigenvalue weighted by Gasteiger charge is 2.04. The van der Waals surface area contributed by atoms with Crippen LogP contribution in [0.5, 0.6) is 0 Å². The predicted octanol–water partition coefficient (Wildman–Crippen LogP) is 1.50. The van der Waals surface area contributed by atoms with Crippen molar-refractivity contribution in [3.63, 3.8) is 0 Å². The number of aromatic amines is 1. The molecule has 0 spiro atoms. The zero-order valence-electron chi connectivity index (χ0n) is 10.4. The maximum atomic E-state index is 11.8. The van der Waals surface area contributed by atoms with Crippen molar-refractivity contribution in [1.29, 1.82) is 0 Å². The molecular formula is C14H17N3O. The minimum Gasteiger partial charge on any atom is -0.330 e. The third-order valence-electron chi connectivity index (χ3n) is 2.92. The molecule has 1 heterocycles. The SMILES string of the molecule is CCc1ccc(-c2ncc(CCN)c(=O)[nH]2)cc1. The van der Waals surface area contributed by atoms with Crippen LogP contribution < -0.4 is 11.3 Å². The number of H-pyrrole nitrogens is 1. The first-order valence-corrected chi connectivity index (χ1v) is 6.12. The number of benzene rings is 1. The van der Waals surface area contributed by atoms with E-state index in [0.717, 1.165) is 12.0 Å². The van der Waals surface area contributed by atoms with E-state index < -0.39 is 0 Å². The average molecular weight is 243 g/mol. The summed E-state index contributed by atoms with van der Waals surface area (Å²) in [7, 11) is 0. The molecule has 18 heavy (non-hydrogen) atoms. The van der Waals surface area contributed by atoms with Crippen LogP contribution in [-0.2, 0) is 12.8 Å². The van der Waals surface area contributed by atoms with E-state index in [4.69, 9.17) is 5.73 Å². The molecule has 0 saturated carbocycles. The van der Waals surface area contributed by atoms with Gasteiger partial charge >= 0.3 is 0 Å². The van der Waals surface area contributed by atoms with E-state index in [0.29, 0.717) is 24.4 Å². The molecular weight excluding hydrogens is 226 g/mol. The van der Waals surface area contributed by atoms with Crippen molar-refractivity contribution in [3.05, 3.63) is 51.9 Å². The normalized spacial score (nSPS) is 10.6. The van der Waals surface area contributed by atoms with Crippen LogP contribution in [-0.4, -0.2) is 16.5 Å². The summed E-state index contributed by atoms with van der Waals surface area (Å²) >= 11 is 0. The monoisotopic (exact) mass is 243 g/mol. The van der Waals surface area contributed by atoms with Gasteiger partial charge in [-0.05, 0) is 24.9 Å². The average Bonchev–Trinajstić information content (AvgIpc) is 2.41. The van der Waals surface area contributed by atoms with E-state index in [2.05, 4.69) is 16.9 Å². The first-order chi connectivity index (χ1) is 8.74. The van der Waals surface area contributed by atoms with Gasteiger partial charge in [-0.2, -0.15) is 0 Å². The largest absolute Gasteiger partial charge is 0.330 e. The van der Waals surface area contributed by atoms with E-state index in [-0.39, 0.29) is 5.56 Å². The third kappa shape index (κ3) is 2.65. The molecule has 2 aromatic rings. The molecule has 0 saturated heterocycles. The summed E-state index contributed by atoms with van der Waals surface area (Å²) in [5.74, 6) is 0.600. The number of nitrogens with one attached hydrogen (secondary N) is 1. The zero-order valence-corrected chi connectivity index (χ0v) is 10.4. The van der Waals surface area contributed by atoms with Crippen molar-refractivity contribution in [3.8, 4) is 11.4 Å². The Hall–Kier alpha value is -1.94. The fourth-order valence-electron chi connectivity index (χ4n) is 1.80. The maximum Gasteiger partial charge on any atom is 0.254 e. The molecule has 4 heteroatoms.